The molecule has 0 fully saturated rings. The molecule has 0 saturated carbocycles. The third-order valence-corrected chi connectivity index (χ3v) is 2.95. The number of carboxylic acids is 1. The predicted octanol–water partition coefficient (Wildman–Crippen LogP) is 2.07. The maximum absolute atomic E-state index is 11.8. The van der Waals surface area contributed by atoms with Gasteiger partial charge in [0.15, 0.2) is 0 Å². The van der Waals surface area contributed by atoms with Gasteiger partial charge >= 0.3 is 11.7 Å². The second kappa shape index (κ2) is 4.68. The molecule has 2 N–H and O–H groups in total. The molecule has 5 nitrogen and oxygen atoms in total. The number of nitrogens with zero attached hydrogens (tertiary/aromatic N) is 1. The largest absolute Gasteiger partial charge is 0.478 e. The molecule has 0 atom stereocenters. The Morgan fingerprint density at radius 1 is 1.44 bits per heavy atom. The summed E-state index contributed by atoms with van der Waals surface area (Å²) in [7, 11) is 0. The number of carboxylic acid groups (broad SMARTS) is 1. The van der Waals surface area contributed by atoms with Crippen LogP contribution in [0.5, 0.6) is 0 Å². The van der Waals surface area contributed by atoms with Crippen molar-refractivity contribution in [3.63, 3.8) is 0 Å². The van der Waals surface area contributed by atoms with Gasteiger partial charge in [0.05, 0.1) is 16.6 Å². The van der Waals surface area contributed by atoms with Gasteiger partial charge < -0.3 is 10.1 Å². The number of aromatic nitrogens is 2. The van der Waals surface area contributed by atoms with E-state index in [-0.39, 0.29) is 11.3 Å². The fourth-order valence-electron chi connectivity index (χ4n) is 1.99. The maximum Gasteiger partial charge on any atom is 0.337 e. The summed E-state index contributed by atoms with van der Waals surface area (Å²) in [6, 6.07) is 4.87. The first-order valence-corrected chi connectivity index (χ1v) is 5.95. The molecule has 0 unspecified atom stereocenters. The smallest absolute Gasteiger partial charge is 0.337 e. The van der Waals surface area contributed by atoms with E-state index >= 15 is 0 Å². The SMILES string of the molecule is CC(C)CCn1c(=O)[nH]c2cccc(C(=O)O)c21. The van der Waals surface area contributed by atoms with E-state index in [1.807, 2.05) is 0 Å². The van der Waals surface area contributed by atoms with Crippen molar-refractivity contribution in [2.75, 3.05) is 0 Å². The van der Waals surface area contributed by atoms with Crippen LogP contribution < -0.4 is 5.69 Å². The number of nitrogens with one attached hydrogen (secondary N) is 1. The van der Waals surface area contributed by atoms with Crippen LogP contribution in [0.3, 0.4) is 0 Å². The van der Waals surface area contributed by atoms with Crippen LogP contribution in [0.15, 0.2) is 23.0 Å². The number of hydrogen-bond donors (Lipinski definition) is 2. The number of aryl methyl sites for hydroxylation is 1. The lowest BCUT2D eigenvalue weighted by molar-refractivity contribution is 0.0698. The summed E-state index contributed by atoms with van der Waals surface area (Å²) in [5.74, 6) is -0.559. The molecule has 1 aromatic heterocycles. The fourth-order valence-corrected chi connectivity index (χ4v) is 1.99. The average molecular weight is 248 g/mol. The van der Waals surface area contributed by atoms with Crippen LogP contribution >= 0.6 is 0 Å². The Bertz CT molecular complexity index is 637. The molecule has 0 spiro atoms. The number of H-pyrrole nitrogens is 1. The van der Waals surface area contributed by atoms with Gasteiger partial charge in [-0.05, 0) is 24.5 Å². The minimum absolute atomic E-state index is 0.162. The van der Waals surface area contributed by atoms with Gasteiger partial charge in [0.1, 0.15) is 0 Å². The first-order chi connectivity index (χ1) is 8.50. The Balaban J connectivity index is 2.60. The molecular formula is C13H16N2O3. The molecule has 1 heterocycles. The van der Waals surface area contributed by atoms with Crippen LogP contribution in [-0.2, 0) is 6.54 Å². The third-order valence-electron chi connectivity index (χ3n) is 2.95. The summed E-state index contributed by atoms with van der Waals surface area (Å²) >= 11 is 0. The van der Waals surface area contributed by atoms with Crippen molar-refractivity contribution in [1.82, 2.24) is 9.55 Å². The summed E-state index contributed by atoms with van der Waals surface area (Å²) in [6.07, 6.45) is 0.834. The van der Waals surface area contributed by atoms with Gasteiger partial charge in [-0.1, -0.05) is 19.9 Å². The van der Waals surface area contributed by atoms with Crippen molar-refractivity contribution in [2.45, 2.75) is 26.8 Å². The Hall–Kier alpha value is -2.04. The van der Waals surface area contributed by atoms with E-state index in [9.17, 15) is 9.59 Å². The molecule has 0 bridgehead atoms. The molecule has 0 saturated heterocycles. The van der Waals surface area contributed by atoms with E-state index in [1.165, 1.54) is 10.6 Å². The highest BCUT2D eigenvalue weighted by Crippen LogP contribution is 2.17. The number of hydrogen-bond acceptors (Lipinski definition) is 2. The first kappa shape index (κ1) is 12.4. The molecule has 5 heteroatoms. The number of rotatable bonds is 4. The topological polar surface area (TPSA) is 75.1 Å². The van der Waals surface area contributed by atoms with Crippen molar-refractivity contribution >= 4 is 17.0 Å². The third kappa shape index (κ3) is 2.16. The van der Waals surface area contributed by atoms with E-state index in [2.05, 4.69) is 18.8 Å². The van der Waals surface area contributed by atoms with Crippen molar-refractivity contribution in [1.29, 1.82) is 0 Å². The molecular weight excluding hydrogens is 232 g/mol. The summed E-state index contributed by atoms with van der Waals surface area (Å²) in [4.78, 5) is 25.7. The zero-order valence-corrected chi connectivity index (χ0v) is 10.4. The summed E-state index contributed by atoms with van der Waals surface area (Å²) in [5.41, 5.74) is 0.966. The highest BCUT2D eigenvalue weighted by Gasteiger charge is 2.15. The lowest BCUT2D eigenvalue weighted by Gasteiger charge is -2.07. The number of benzene rings is 1. The minimum atomic E-state index is -1.02. The van der Waals surface area contributed by atoms with Gasteiger partial charge in [-0.25, -0.2) is 9.59 Å². The number of para-hydroxylation sites is 1. The number of imidazole rings is 1. The standard InChI is InChI=1S/C13H16N2O3/c1-8(2)6-7-15-11-9(12(16)17)4-3-5-10(11)14-13(15)18/h3-5,8H,6-7H2,1-2H3,(H,14,18)(H,16,17). The molecule has 2 rings (SSSR count). The summed E-state index contributed by atoms with van der Waals surface area (Å²) in [5, 5.41) is 9.16. The molecule has 96 valence electrons. The molecule has 0 aliphatic carbocycles. The lowest BCUT2D eigenvalue weighted by Crippen LogP contribution is -2.18. The molecule has 18 heavy (non-hydrogen) atoms. The highest BCUT2D eigenvalue weighted by molar-refractivity contribution is 6.01. The normalized spacial score (nSPS) is 11.3. The monoisotopic (exact) mass is 248 g/mol. The van der Waals surface area contributed by atoms with Gasteiger partial charge in [-0.15, -0.1) is 0 Å². The Kier molecular flexibility index (Phi) is 3.23. The minimum Gasteiger partial charge on any atom is -0.478 e. The van der Waals surface area contributed by atoms with Crippen LogP contribution in [0.25, 0.3) is 11.0 Å². The zero-order valence-electron chi connectivity index (χ0n) is 10.4. The molecule has 0 radical (unpaired) electrons. The van der Waals surface area contributed by atoms with Crippen LogP contribution in [-0.4, -0.2) is 20.6 Å². The van der Waals surface area contributed by atoms with E-state index in [0.29, 0.717) is 23.5 Å². The van der Waals surface area contributed by atoms with Crippen molar-refractivity contribution in [3.05, 3.63) is 34.2 Å². The summed E-state index contributed by atoms with van der Waals surface area (Å²) < 4.78 is 1.51. The van der Waals surface area contributed by atoms with Crippen molar-refractivity contribution < 1.29 is 9.90 Å². The quantitative estimate of drug-likeness (QED) is 0.869. The average Bonchev–Trinajstić information content (AvgIpc) is 2.61. The first-order valence-electron chi connectivity index (χ1n) is 5.95. The van der Waals surface area contributed by atoms with Crippen molar-refractivity contribution in [2.24, 2.45) is 5.92 Å². The molecule has 0 amide bonds. The van der Waals surface area contributed by atoms with Gasteiger partial charge in [0.25, 0.3) is 0 Å². The van der Waals surface area contributed by atoms with Gasteiger partial charge in [-0.2, -0.15) is 0 Å². The number of fused-ring (bicyclic) bond motifs is 1. The van der Waals surface area contributed by atoms with Gasteiger partial charge in [0.2, 0.25) is 0 Å². The second-order valence-corrected chi connectivity index (χ2v) is 4.77. The molecule has 0 aliphatic heterocycles. The molecule has 0 aliphatic rings. The van der Waals surface area contributed by atoms with Crippen LogP contribution in [0.1, 0.15) is 30.6 Å². The van der Waals surface area contributed by atoms with Crippen LogP contribution in [0.2, 0.25) is 0 Å². The maximum atomic E-state index is 11.8. The second-order valence-electron chi connectivity index (χ2n) is 4.77. The Labute approximate surface area is 104 Å². The van der Waals surface area contributed by atoms with E-state index in [4.69, 9.17) is 5.11 Å². The van der Waals surface area contributed by atoms with Crippen LogP contribution in [0, 0.1) is 5.92 Å². The number of carbonyl (C=O) groups is 1. The van der Waals surface area contributed by atoms with E-state index in [1.54, 1.807) is 12.1 Å². The number of aromatic amines is 1. The van der Waals surface area contributed by atoms with E-state index < -0.39 is 5.97 Å². The lowest BCUT2D eigenvalue weighted by atomic mass is 10.1. The van der Waals surface area contributed by atoms with Crippen LogP contribution in [0.4, 0.5) is 0 Å². The van der Waals surface area contributed by atoms with Gasteiger partial charge in [0, 0.05) is 6.54 Å². The summed E-state index contributed by atoms with van der Waals surface area (Å²) in [6.45, 7) is 4.66. The van der Waals surface area contributed by atoms with Crippen molar-refractivity contribution in [3.8, 4) is 0 Å². The Morgan fingerprint density at radius 3 is 2.78 bits per heavy atom. The van der Waals surface area contributed by atoms with Gasteiger partial charge in [-0.3, -0.25) is 4.57 Å². The zero-order chi connectivity index (χ0) is 13.3. The predicted molar refractivity (Wildman–Crippen MR) is 69.0 cm³/mol. The molecule has 2 aromatic rings. The molecule has 1 aromatic carbocycles. The number of aromatic carboxylic acids is 1. The Morgan fingerprint density at radius 2 is 2.17 bits per heavy atom. The fraction of sp³-hybridized carbons (Fsp3) is 0.385. The van der Waals surface area contributed by atoms with E-state index in [0.717, 1.165) is 6.42 Å². The highest BCUT2D eigenvalue weighted by atomic mass is 16.4.